The number of nitrogens with zero attached hydrogens (tertiary/aromatic N) is 4. The van der Waals surface area contributed by atoms with Crippen LogP contribution >= 0.6 is 11.6 Å². The summed E-state index contributed by atoms with van der Waals surface area (Å²) in [4.78, 5) is 18.2. The Labute approximate surface area is 215 Å². The van der Waals surface area contributed by atoms with E-state index in [2.05, 4.69) is 10.1 Å². The molecule has 0 aliphatic heterocycles. The lowest BCUT2D eigenvalue weighted by Gasteiger charge is -2.11. The number of nitriles is 1. The summed E-state index contributed by atoms with van der Waals surface area (Å²) in [5, 5.41) is 14.6. The van der Waals surface area contributed by atoms with Crippen LogP contribution in [0.4, 0.5) is 0 Å². The van der Waals surface area contributed by atoms with E-state index in [1.807, 2.05) is 18.2 Å². The lowest BCUT2D eigenvalue weighted by molar-refractivity contribution is 0.330. The van der Waals surface area contributed by atoms with Gasteiger partial charge in [-0.2, -0.15) is 15.0 Å². The van der Waals surface area contributed by atoms with Crippen LogP contribution in [0.1, 0.15) is 5.56 Å². The third kappa shape index (κ3) is 4.46. The fourth-order valence-electron chi connectivity index (χ4n) is 3.90. The van der Waals surface area contributed by atoms with Crippen LogP contribution in [-0.2, 0) is 0 Å². The highest BCUT2D eigenvalue weighted by atomic mass is 35.5. The highest BCUT2D eigenvalue weighted by Crippen LogP contribution is 2.36. The summed E-state index contributed by atoms with van der Waals surface area (Å²) in [6.07, 6.45) is 1.45. The van der Waals surface area contributed by atoms with Gasteiger partial charge in [-0.3, -0.25) is 4.79 Å². The fraction of sp³-hybridized carbons (Fsp3) is 0.111. The van der Waals surface area contributed by atoms with Gasteiger partial charge in [-0.1, -0.05) is 29.8 Å². The van der Waals surface area contributed by atoms with E-state index in [0.717, 1.165) is 5.39 Å². The smallest absolute Gasteiger partial charge is 0.282 e. The number of aromatic nitrogens is 2. The predicted octanol–water partition coefficient (Wildman–Crippen LogP) is 5.26. The van der Waals surface area contributed by atoms with Gasteiger partial charge in [0.1, 0.15) is 17.4 Å². The maximum absolute atomic E-state index is 13.5. The number of fused-ring (bicyclic) bond motifs is 2. The summed E-state index contributed by atoms with van der Waals surface area (Å²) in [6.45, 7) is -0.187. The second kappa shape index (κ2) is 10.0. The Bertz CT molecular complexity index is 1770. The van der Waals surface area contributed by atoms with Gasteiger partial charge in [-0.15, -0.1) is 0 Å². The molecule has 0 bridgehead atoms. The number of para-hydroxylation sites is 1. The zero-order chi connectivity index (χ0) is 25.9. The summed E-state index contributed by atoms with van der Waals surface area (Å²) in [7, 11) is 3.03. The average molecular weight is 515 g/mol. The molecule has 184 valence electrons. The van der Waals surface area contributed by atoms with Crippen LogP contribution in [-0.4, -0.2) is 36.7 Å². The van der Waals surface area contributed by atoms with E-state index in [9.17, 15) is 4.79 Å². The Morgan fingerprint density at radius 3 is 2.68 bits per heavy atom. The van der Waals surface area contributed by atoms with Crippen LogP contribution in [0.2, 0.25) is 5.02 Å². The molecule has 2 heterocycles. The molecular formula is C27H19ClN4O5. The van der Waals surface area contributed by atoms with E-state index in [-0.39, 0.29) is 28.8 Å². The second-order valence-corrected chi connectivity index (χ2v) is 8.18. The lowest BCUT2D eigenvalue weighted by Crippen LogP contribution is -2.20. The lowest BCUT2D eigenvalue weighted by atomic mass is 10.2. The molecule has 9 nitrogen and oxygen atoms in total. The van der Waals surface area contributed by atoms with Crippen molar-refractivity contribution in [2.75, 3.05) is 20.8 Å². The van der Waals surface area contributed by atoms with E-state index in [4.69, 9.17) is 35.5 Å². The average Bonchev–Trinajstić information content (AvgIpc) is 3.36. The molecule has 0 atom stereocenters. The zero-order valence-corrected chi connectivity index (χ0v) is 20.5. The van der Waals surface area contributed by atoms with Crippen LogP contribution in [0.25, 0.3) is 33.5 Å². The first-order valence-electron chi connectivity index (χ1n) is 11.0. The first-order chi connectivity index (χ1) is 18.0. The van der Waals surface area contributed by atoms with Crippen molar-refractivity contribution in [3.05, 3.63) is 81.6 Å². The van der Waals surface area contributed by atoms with E-state index < -0.39 is 0 Å². The fourth-order valence-corrected chi connectivity index (χ4v) is 4.17. The van der Waals surface area contributed by atoms with Crippen molar-refractivity contribution in [3.8, 4) is 34.9 Å². The molecule has 2 aromatic heterocycles. The Morgan fingerprint density at radius 1 is 1.08 bits per heavy atom. The molecule has 3 aromatic carbocycles. The standard InChI is InChI=1S/C27H19ClN4O5/c1-34-21-8-5-9-22-18(21)14-24(37-22)26-31-20-7-4-3-6-17(20)27(33)32(26)30-15-16-12-19(28)25(36-11-10-29)23(13-16)35-2/h3-9,12-15H,11H2,1-2H3. The van der Waals surface area contributed by atoms with Crippen molar-refractivity contribution in [2.24, 2.45) is 5.10 Å². The third-order valence-corrected chi connectivity index (χ3v) is 5.85. The number of rotatable bonds is 7. The Morgan fingerprint density at radius 2 is 1.89 bits per heavy atom. The number of hydrogen-bond acceptors (Lipinski definition) is 8. The summed E-state index contributed by atoms with van der Waals surface area (Å²) in [5.74, 6) is 1.74. The zero-order valence-electron chi connectivity index (χ0n) is 19.8. The number of furan rings is 1. The monoisotopic (exact) mass is 514 g/mol. The topological polar surface area (TPSA) is 112 Å². The SMILES string of the molecule is COc1cc(C=Nn2c(-c3cc4c(OC)cccc4o3)nc3ccccc3c2=O)cc(Cl)c1OCC#N. The highest BCUT2D eigenvalue weighted by molar-refractivity contribution is 6.32. The van der Waals surface area contributed by atoms with Crippen molar-refractivity contribution in [1.82, 2.24) is 9.66 Å². The van der Waals surface area contributed by atoms with E-state index in [1.54, 1.807) is 55.6 Å². The number of methoxy groups -OCH3 is 2. The summed E-state index contributed by atoms with van der Waals surface area (Å²) >= 11 is 6.36. The second-order valence-electron chi connectivity index (χ2n) is 7.78. The molecule has 10 heteroatoms. The van der Waals surface area contributed by atoms with Gasteiger partial charge in [0.2, 0.25) is 5.82 Å². The number of halogens is 1. The number of benzene rings is 3. The molecule has 0 N–H and O–H groups in total. The normalized spacial score (nSPS) is 11.2. The van der Waals surface area contributed by atoms with Gasteiger partial charge >= 0.3 is 0 Å². The van der Waals surface area contributed by atoms with Gasteiger partial charge in [-0.05, 0) is 48.0 Å². The summed E-state index contributed by atoms with van der Waals surface area (Å²) < 4.78 is 23.4. The third-order valence-electron chi connectivity index (χ3n) is 5.57. The molecule has 0 unspecified atom stereocenters. The van der Waals surface area contributed by atoms with Crippen molar-refractivity contribution in [3.63, 3.8) is 0 Å². The molecule has 0 aliphatic carbocycles. The quantitative estimate of drug-likeness (QED) is 0.272. The van der Waals surface area contributed by atoms with Crippen LogP contribution in [0.3, 0.4) is 0 Å². The molecule has 0 fully saturated rings. The Hall–Kier alpha value is -4.81. The molecule has 0 radical (unpaired) electrons. The van der Waals surface area contributed by atoms with Crippen LogP contribution in [0.5, 0.6) is 17.2 Å². The van der Waals surface area contributed by atoms with Crippen LogP contribution in [0, 0.1) is 11.3 Å². The molecule has 0 amide bonds. The molecule has 0 spiro atoms. The van der Waals surface area contributed by atoms with Crippen molar-refractivity contribution >= 4 is 39.7 Å². The van der Waals surface area contributed by atoms with Crippen LogP contribution in [0.15, 0.2) is 75.0 Å². The van der Waals surface area contributed by atoms with Crippen molar-refractivity contribution in [1.29, 1.82) is 5.26 Å². The molecule has 0 saturated carbocycles. The van der Waals surface area contributed by atoms with E-state index in [1.165, 1.54) is 18.0 Å². The molecule has 5 aromatic rings. The minimum absolute atomic E-state index is 0.187. The summed E-state index contributed by atoms with van der Waals surface area (Å²) in [6, 6.07) is 19.3. The minimum atomic E-state index is -0.378. The highest BCUT2D eigenvalue weighted by Gasteiger charge is 2.18. The predicted molar refractivity (Wildman–Crippen MR) is 140 cm³/mol. The van der Waals surface area contributed by atoms with Crippen molar-refractivity contribution < 1.29 is 18.6 Å². The number of ether oxygens (including phenoxy) is 3. The van der Waals surface area contributed by atoms with Crippen molar-refractivity contribution in [2.45, 2.75) is 0 Å². The van der Waals surface area contributed by atoms with Crippen LogP contribution < -0.4 is 19.8 Å². The molecule has 0 aliphatic rings. The van der Waals surface area contributed by atoms with Gasteiger partial charge in [0, 0.05) is 0 Å². The minimum Gasteiger partial charge on any atom is -0.496 e. The molecule has 37 heavy (non-hydrogen) atoms. The molecule has 5 rings (SSSR count). The van der Waals surface area contributed by atoms with E-state index >= 15 is 0 Å². The molecular weight excluding hydrogens is 496 g/mol. The maximum Gasteiger partial charge on any atom is 0.282 e. The van der Waals surface area contributed by atoms with Gasteiger partial charge in [-0.25, -0.2) is 4.98 Å². The van der Waals surface area contributed by atoms with E-state index in [0.29, 0.717) is 39.3 Å². The maximum atomic E-state index is 13.5. The first-order valence-corrected chi connectivity index (χ1v) is 11.4. The van der Waals surface area contributed by atoms with Gasteiger partial charge in [0.05, 0.1) is 41.7 Å². The van der Waals surface area contributed by atoms with Gasteiger partial charge in [0.25, 0.3) is 5.56 Å². The Kier molecular flexibility index (Phi) is 6.49. The first kappa shape index (κ1) is 23.9. The van der Waals surface area contributed by atoms with Gasteiger partial charge in [0.15, 0.2) is 23.9 Å². The number of hydrogen-bond donors (Lipinski definition) is 0. The largest absolute Gasteiger partial charge is 0.496 e. The Balaban J connectivity index is 1.67. The summed E-state index contributed by atoms with van der Waals surface area (Å²) in [5.41, 5.74) is 1.24. The molecule has 0 saturated heterocycles. The van der Waals surface area contributed by atoms with Gasteiger partial charge < -0.3 is 18.6 Å².